The molecule has 98 valence electrons. The molecule has 7 heteroatoms. The molecule has 0 radical (unpaired) electrons. The second kappa shape index (κ2) is 5.57. The Kier molecular flexibility index (Phi) is 3.86. The number of hydrogen-bond donors (Lipinski definition) is 2. The highest BCUT2D eigenvalue weighted by molar-refractivity contribution is 7.17. The number of pyridine rings is 1. The minimum absolute atomic E-state index is 0.160. The number of carboxylic acids is 1. The summed E-state index contributed by atoms with van der Waals surface area (Å²) >= 11 is 0.957. The quantitative estimate of drug-likeness (QED) is 0.892. The summed E-state index contributed by atoms with van der Waals surface area (Å²) in [5.41, 5.74) is 0.919. The smallest absolute Gasteiger partial charge is 0.347 e. The predicted octanol–water partition coefficient (Wildman–Crippen LogP) is 2.05. The lowest BCUT2D eigenvalue weighted by molar-refractivity contribution is 0.0700. The number of aromatic nitrogens is 2. The lowest BCUT2D eigenvalue weighted by Gasteiger charge is -2.00. The number of carbonyl (C=O) groups is 2. The van der Waals surface area contributed by atoms with Gasteiger partial charge in [0, 0.05) is 18.0 Å². The van der Waals surface area contributed by atoms with Crippen LogP contribution in [0.1, 0.15) is 32.6 Å². The van der Waals surface area contributed by atoms with Crippen molar-refractivity contribution in [2.45, 2.75) is 13.3 Å². The molecule has 2 aromatic rings. The molecular weight excluding hydrogens is 266 g/mol. The van der Waals surface area contributed by atoms with Crippen molar-refractivity contribution in [3.05, 3.63) is 40.7 Å². The van der Waals surface area contributed by atoms with E-state index in [0.29, 0.717) is 17.7 Å². The van der Waals surface area contributed by atoms with Gasteiger partial charge in [-0.05, 0) is 18.6 Å². The van der Waals surface area contributed by atoms with Crippen LogP contribution in [0.15, 0.2) is 24.5 Å². The van der Waals surface area contributed by atoms with Crippen molar-refractivity contribution in [2.24, 2.45) is 0 Å². The third kappa shape index (κ3) is 2.94. The molecule has 2 aromatic heterocycles. The monoisotopic (exact) mass is 277 g/mol. The Morgan fingerprint density at radius 1 is 1.37 bits per heavy atom. The van der Waals surface area contributed by atoms with Gasteiger partial charge in [0.1, 0.15) is 4.88 Å². The standard InChI is InChI=1S/C12H11N3O3S/c1-2-8-9(11(17)18)19-12(14-8)15-10(16)7-3-5-13-6-4-7/h3-6H,2H2,1H3,(H,17,18)(H,14,15,16). The van der Waals surface area contributed by atoms with E-state index in [9.17, 15) is 9.59 Å². The van der Waals surface area contributed by atoms with Gasteiger partial charge in [-0.1, -0.05) is 18.3 Å². The summed E-state index contributed by atoms with van der Waals surface area (Å²) in [5.74, 6) is -1.37. The first-order chi connectivity index (χ1) is 9.11. The summed E-state index contributed by atoms with van der Waals surface area (Å²) in [5, 5.41) is 11.9. The number of rotatable bonds is 4. The second-order valence-corrected chi connectivity index (χ2v) is 4.64. The van der Waals surface area contributed by atoms with Crippen LogP contribution in [0.5, 0.6) is 0 Å². The molecule has 2 N–H and O–H groups in total. The highest BCUT2D eigenvalue weighted by atomic mass is 32.1. The fourth-order valence-corrected chi connectivity index (χ4v) is 2.37. The molecule has 0 aliphatic heterocycles. The van der Waals surface area contributed by atoms with Crippen LogP contribution in [0.4, 0.5) is 5.13 Å². The summed E-state index contributed by atoms with van der Waals surface area (Å²) in [6.07, 6.45) is 3.52. The number of nitrogens with zero attached hydrogens (tertiary/aromatic N) is 2. The molecule has 6 nitrogen and oxygen atoms in total. The Morgan fingerprint density at radius 3 is 2.58 bits per heavy atom. The van der Waals surface area contributed by atoms with Gasteiger partial charge in [-0.15, -0.1) is 0 Å². The molecule has 0 spiro atoms. The maximum Gasteiger partial charge on any atom is 0.347 e. The number of thiazole rings is 1. The summed E-state index contributed by atoms with van der Waals surface area (Å²) in [7, 11) is 0. The molecule has 2 rings (SSSR count). The SMILES string of the molecule is CCc1nc(NC(=O)c2ccncc2)sc1C(=O)O. The number of carbonyl (C=O) groups excluding carboxylic acids is 1. The zero-order chi connectivity index (χ0) is 13.8. The van der Waals surface area contributed by atoms with Gasteiger partial charge in [-0.2, -0.15) is 0 Å². The lowest BCUT2D eigenvalue weighted by Crippen LogP contribution is -2.11. The summed E-state index contributed by atoms with van der Waals surface area (Å²) in [6.45, 7) is 1.82. The number of anilines is 1. The number of hydrogen-bond acceptors (Lipinski definition) is 5. The minimum atomic E-state index is -1.03. The van der Waals surface area contributed by atoms with Crippen LogP contribution >= 0.6 is 11.3 Å². The van der Waals surface area contributed by atoms with Crippen molar-refractivity contribution in [1.82, 2.24) is 9.97 Å². The van der Waals surface area contributed by atoms with Crippen molar-refractivity contribution >= 4 is 28.3 Å². The van der Waals surface area contributed by atoms with E-state index < -0.39 is 5.97 Å². The number of amides is 1. The van der Waals surface area contributed by atoms with E-state index in [4.69, 9.17) is 5.11 Å². The summed E-state index contributed by atoms with van der Waals surface area (Å²) in [6, 6.07) is 3.14. The van der Waals surface area contributed by atoms with Gasteiger partial charge >= 0.3 is 5.97 Å². The number of nitrogens with one attached hydrogen (secondary N) is 1. The topological polar surface area (TPSA) is 92.2 Å². The highest BCUT2D eigenvalue weighted by Crippen LogP contribution is 2.24. The average molecular weight is 277 g/mol. The van der Waals surface area contributed by atoms with E-state index in [2.05, 4.69) is 15.3 Å². The van der Waals surface area contributed by atoms with Crippen LogP contribution < -0.4 is 5.32 Å². The first-order valence-corrected chi connectivity index (χ1v) is 6.37. The van der Waals surface area contributed by atoms with E-state index >= 15 is 0 Å². The Bertz CT molecular complexity index is 610. The molecule has 0 aromatic carbocycles. The zero-order valence-electron chi connectivity index (χ0n) is 10.1. The largest absolute Gasteiger partial charge is 0.477 e. The average Bonchev–Trinajstić information content (AvgIpc) is 2.83. The van der Waals surface area contributed by atoms with Crippen molar-refractivity contribution < 1.29 is 14.7 Å². The summed E-state index contributed by atoms with van der Waals surface area (Å²) < 4.78 is 0. The molecular formula is C12H11N3O3S. The normalized spacial score (nSPS) is 10.2. The van der Waals surface area contributed by atoms with E-state index in [0.717, 1.165) is 11.3 Å². The van der Waals surface area contributed by atoms with E-state index in [1.54, 1.807) is 12.1 Å². The van der Waals surface area contributed by atoms with Crippen molar-refractivity contribution in [3.8, 4) is 0 Å². The molecule has 2 heterocycles. The number of carboxylic acid groups (broad SMARTS) is 1. The van der Waals surface area contributed by atoms with Crippen molar-refractivity contribution in [2.75, 3.05) is 5.32 Å². The zero-order valence-corrected chi connectivity index (χ0v) is 10.9. The highest BCUT2D eigenvalue weighted by Gasteiger charge is 2.17. The fraction of sp³-hybridized carbons (Fsp3) is 0.167. The van der Waals surface area contributed by atoms with Gasteiger partial charge in [-0.25, -0.2) is 9.78 Å². The number of aromatic carboxylic acids is 1. The van der Waals surface area contributed by atoms with Crippen LogP contribution in [0.25, 0.3) is 0 Å². The number of aryl methyl sites for hydroxylation is 1. The molecule has 0 saturated carbocycles. The first-order valence-electron chi connectivity index (χ1n) is 5.56. The fourth-order valence-electron chi connectivity index (χ4n) is 1.48. The van der Waals surface area contributed by atoms with E-state index in [1.807, 2.05) is 6.92 Å². The van der Waals surface area contributed by atoms with Gasteiger partial charge in [0.25, 0.3) is 5.91 Å². The Labute approximate surface area is 113 Å². The third-order valence-electron chi connectivity index (χ3n) is 2.39. The maximum absolute atomic E-state index is 11.9. The van der Waals surface area contributed by atoms with Gasteiger partial charge in [0.15, 0.2) is 5.13 Å². The van der Waals surface area contributed by atoms with Crippen LogP contribution in [0.2, 0.25) is 0 Å². The minimum Gasteiger partial charge on any atom is -0.477 e. The molecule has 19 heavy (non-hydrogen) atoms. The first kappa shape index (κ1) is 13.2. The van der Waals surface area contributed by atoms with Crippen LogP contribution in [-0.4, -0.2) is 27.0 Å². The summed E-state index contributed by atoms with van der Waals surface area (Å²) in [4.78, 5) is 31.0. The second-order valence-electron chi connectivity index (χ2n) is 3.64. The molecule has 0 fully saturated rings. The lowest BCUT2D eigenvalue weighted by atomic mass is 10.2. The van der Waals surface area contributed by atoms with Crippen LogP contribution in [0.3, 0.4) is 0 Å². The Morgan fingerprint density at radius 2 is 2.05 bits per heavy atom. The molecule has 0 aliphatic carbocycles. The van der Waals surface area contributed by atoms with E-state index in [1.165, 1.54) is 12.4 Å². The third-order valence-corrected chi connectivity index (χ3v) is 3.39. The van der Waals surface area contributed by atoms with Crippen molar-refractivity contribution in [3.63, 3.8) is 0 Å². The Hall–Kier alpha value is -2.28. The van der Waals surface area contributed by atoms with Gasteiger partial charge in [-0.3, -0.25) is 15.1 Å². The maximum atomic E-state index is 11.9. The Balaban J connectivity index is 2.20. The molecule has 0 unspecified atom stereocenters. The van der Waals surface area contributed by atoms with Gasteiger partial charge < -0.3 is 5.11 Å². The molecule has 0 atom stereocenters. The van der Waals surface area contributed by atoms with E-state index in [-0.39, 0.29) is 15.9 Å². The van der Waals surface area contributed by atoms with Gasteiger partial charge in [0.2, 0.25) is 0 Å². The molecule has 0 saturated heterocycles. The predicted molar refractivity (Wildman–Crippen MR) is 70.6 cm³/mol. The molecule has 1 amide bonds. The van der Waals surface area contributed by atoms with Crippen molar-refractivity contribution in [1.29, 1.82) is 0 Å². The molecule has 0 aliphatic rings. The van der Waals surface area contributed by atoms with Crippen LogP contribution in [-0.2, 0) is 6.42 Å². The van der Waals surface area contributed by atoms with Crippen LogP contribution in [0, 0.1) is 0 Å². The molecule has 0 bridgehead atoms. The van der Waals surface area contributed by atoms with Gasteiger partial charge in [0.05, 0.1) is 5.69 Å².